The molecule has 2 fully saturated rings. The molecule has 0 saturated heterocycles. The Bertz CT molecular complexity index is 477. The van der Waals surface area contributed by atoms with Gasteiger partial charge in [0.1, 0.15) is 6.10 Å². The van der Waals surface area contributed by atoms with Gasteiger partial charge in [-0.15, -0.1) is 0 Å². The Morgan fingerprint density at radius 2 is 2.00 bits per heavy atom. The van der Waals surface area contributed by atoms with E-state index in [1.165, 1.54) is 19.3 Å². The third kappa shape index (κ3) is 2.73. The van der Waals surface area contributed by atoms with Crippen LogP contribution in [0, 0.1) is 11.8 Å². The number of hydrogen-bond donors (Lipinski definition) is 0. The predicted octanol–water partition coefficient (Wildman–Crippen LogP) is 3.52. The molecule has 0 radical (unpaired) electrons. The fourth-order valence-corrected chi connectivity index (χ4v) is 3.47. The van der Waals surface area contributed by atoms with E-state index in [2.05, 4.69) is 6.58 Å². The highest BCUT2D eigenvalue weighted by Gasteiger charge is 2.41. The van der Waals surface area contributed by atoms with E-state index < -0.39 is 0 Å². The lowest BCUT2D eigenvalue weighted by molar-refractivity contribution is -0.146. The first-order chi connectivity index (χ1) is 9.22. The zero-order chi connectivity index (χ0) is 13.2. The lowest BCUT2D eigenvalue weighted by Crippen LogP contribution is -2.25. The van der Waals surface area contributed by atoms with Crippen LogP contribution in [0.2, 0.25) is 0 Å². The van der Waals surface area contributed by atoms with Gasteiger partial charge in [0.05, 0.1) is 0 Å². The molecule has 0 N–H and O–H groups in total. The summed E-state index contributed by atoms with van der Waals surface area (Å²) in [5.74, 6) is 1.20. The summed E-state index contributed by atoms with van der Waals surface area (Å²) in [5, 5.41) is 0. The van der Waals surface area contributed by atoms with Crippen molar-refractivity contribution in [3.05, 3.63) is 48.0 Å². The van der Waals surface area contributed by atoms with Crippen LogP contribution in [0.5, 0.6) is 0 Å². The molecule has 2 nitrogen and oxygen atoms in total. The molecule has 0 aliphatic heterocycles. The molecule has 3 unspecified atom stereocenters. The van der Waals surface area contributed by atoms with Crippen molar-refractivity contribution in [2.75, 3.05) is 0 Å². The van der Waals surface area contributed by atoms with Crippen molar-refractivity contribution in [2.45, 2.75) is 38.2 Å². The molecule has 2 saturated carbocycles. The second-order valence-corrected chi connectivity index (χ2v) is 5.88. The molecular formula is C17H20O2. The molecule has 0 heterocycles. The van der Waals surface area contributed by atoms with E-state index in [0.29, 0.717) is 17.9 Å². The van der Waals surface area contributed by atoms with E-state index in [-0.39, 0.29) is 12.1 Å². The number of benzene rings is 1. The summed E-state index contributed by atoms with van der Waals surface area (Å²) in [4.78, 5) is 12.1. The summed E-state index contributed by atoms with van der Waals surface area (Å²) in [6, 6.07) is 9.94. The van der Waals surface area contributed by atoms with Gasteiger partial charge < -0.3 is 4.74 Å². The van der Waals surface area contributed by atoms with Crippen LogP contribution < -0.4 is 0 Å². The van der Waals surface area contributed by atoms with Crippen LogP contribution in [-0.4, -0.2) is 12.1 Å². The molecule has 1 aromatic rings. The Labute approximate surface area is 114 Å². The highest BCUT2D eigenvalue weighted by atomic mass is 16.5. The predicted molar refractivity (Wildman–Crippen MR) is 74.6 cm³/mol. The van der Waals surface area contributed by atoms with E-state index in [9.17, 15) is 4.79 Å². The zero-order valence-corrected chi connectivity index (χ0v) is 11.2. The molecule has 2 aliphatic rings. The quantitative estimate of drug-likeness (QED) is 0.608. The van der Waals surface area contributed by atoms with Gasteiger partial charge in [-0.1, -0.05) is 36.9 Å². The van der Waals surface area contributed by atoms with E-state index in [0.717, 1.165) is 17.9 Å². The first-order valence-corrected chi connectivity index (χ1v) is 7.15. The Kier molecular flexibility index (Phi) is 3.41. The molecule has 100 valence electrons. The van der Waals surface area contributed by atoms with Crippen molar-refractivity contribution in [3.63, 3.8) is 0 Å². The van der Waals surface area contributed by atoms with Crippen molar-refractivity contribution in [1.82, 2.24) is 0 Å². The van der Waals surface area contributed by atoms with Gasteiger partial charge >= 0.3 is 5.97 Å². The molecule has 0 amide bonds. The standard InChI is InChI=1S/C17H20O2/c1-12(9-13-5-3-2-4-6-13)17(18)19-16-11-14-7-8-15(16)10-14/h2-6,14-16H,1,7-11H2. The van der Waals surface area contributed by atoms with Gasteiger partial charge in [0, 0.05) is 12.0 Å². The lowest BCUT2D eigenvalue weighted by Gasteiger charge is -2.22. The zero-order valence-electron chi connectivity index (χ0n) is 11.2. The maximum atomic E-state index is 12.1. The number of fused-ring (bicyclic) bond motifs is 2. The normalized spacial score (nSPS) is 28.3. The fourth-order valence-electron chi connectivity index (χ4n) is 3.47. The van der Waals surface area contributed by atoms with Crippen LogP contribution in [0.4, 0.5) is 0 Å². The SMILES string of the molecule is C=C(Cc1ccccc1)C(=O)OC1CC2CCC1C2. The van der Waals surface area contributed by atoms with Crippen LogP contribution >= 0.6 is 0 Å². The van der Waals surface area contributed by atoms with Crippen molar-refractivity contribution < 1.29 is 9.53 Å². The molecule has 2 bridgehead atoms. The lowest BCUT2D eigenvalue weighted by atomic mass is 9.97. The van der Waals surface area contributed by atoms with Gasteiger partial charge in [0.15, 0.2) is 0 Å². The summed E-state index contributed by atoms with van der Waals surface area (Å²) in [6.45, 7) is 3.88. The number of esters is 1. The summed E-state index contributed by atoms with van der Waals surface area (Å²) >= 11 is 0. The first-order valence-electron chi connectivity index (χ1n) is 7.15. The van der Waals surface area contributed by atoms with E-state index in [4.69, 9.17) is 4.74 Å². The van der Waals surface area contributed by atoms with Crippen molar-refractivity contribution >= 4 is 5.97 Å². The molecule has 0 spiro atoms. The third-order valence-electron chi connectivity index (χ3n) is 4.48. The molecular weight excluding hydrogens is 236 g/mol. The van der Waals surface area contributed by atoms with E-state index >= 15 is 0 Å². The second kappa shape index (κ2) is 5.20. The summed E-state index contributed by atoms with van der Waals surface area (Å²) in [5.41, 5.74) is 1.67. The third-order valence-corrected chi connectivity index (χ3v) is 4.48. The average Bonchev–Trinajstić information content (AvgIpc) is 3.02. The highest BCUT2D eigenvalue weighted by molar-refractivity contribution is 5.88. The molecule has 3 atom stereocenters. The average molecular weight is 256 g/mol. The number of rotatable bonds is 4. The van der Waals surface area contributed by atoms with E-state index in [1.807, 2.05) is 30.3 Å². The molecule has 2 aliphatic carbocycles. The van der Waals surface area contributed by atoms with Gasteiger partial charge in [0.25, 0.3) is 0 Å². The maximum absolute atomic E-state index is 12.1. The van der Waals surface area contributed by atoms with Gasteiger partial charge in [-0.05, 0) is 43.1 Å². The summed E-state index contributed by atoms with van der Waals surface area (Å²) < 4.78 is 5.64. The Hall–Kier alpha value is -1.57. The number of carbonyl (C=O) groups excluding carboxylic acids is 1. The van der Waals surface area contributed by atoms with Crippen LogP contribution in [0.3, 0.4) is 0 Å². The Balaban J connectivity index is 1.54. The molecule has 1 aromatic carbocycles. The second-order valence-electron chi connectivity index (χ2n) is 5.88. The molecule has 0 aromatic heterocycles. The summed E-state index contributed by atoms with van der Waals surface area (Å²) in [7, 11) is 0. The van der Waals surface area contributed by atoms with Gasteiger partial charge in [-0.3, -0.25) is 0 Å². The van der Waals surface area contributed by atoms with Gasteiger partial charge in [0.2, 0.25) is 0 Å². The van der Waals surface area contributed by atoms with Crippen molar-refractivity contribution in [1.29, 1.82) is 0 Å². The van der Waals surface area contributed by atoms with E-state index in [1.54, 1.807) is 0 Å². The molecule has 2 heteroatoms. The largest absolute Gasteiger partial charge is 0.459 e. The first kappa shape index (κ1) is 12.5. The van der Waals surface area contributed by atoms with Gasteiger partial charge in [-0.25, -0.2) is 4.79 Å². The van der Waals surface area contributed by atoms with Crippen molar-refractivity contribution in [3.8, 4) is 0 Å². The van der Waals surface area contributed by atoms with Crippen LogP contribution in [-0.2, 0) is 16.0 Å². The topological polar surface area (TPSA) is 26.3 Å². The Morgan fingerprint density at radius 1 is 1.21 bits per heavy atom. The van der Waals surface area contributed by atoms with Crippen LogP contribution in [0.25, 0.3) is 0 Å². The van der Waals surface area contributed by atoms with Crippen LogP contribution in [0.1, 0.15) is 31.2 Å². The molecule has 3 rings (SSSR count). The maximum Gasteiger partial charge on any atom is 0.334 e. The monoisotopic (exact) mass is 256 g/mol. The fraction of sp³-hybridized carbons (Fsp3) is 0.471. The smallest absolute Gasteiger partial charge is 0.334 e. The number of carbonyl (C=O) groups is 1. The number of hydrogen-bond acceptors (Lipinski definition) is 2. The number of ether oxygens (including phenoxy) is 1. The highest BCUT2D eigenvalue weighted by Crippen LogP contribution is 2.46. The minimum Gasteiger partial charge on any atom is -0.459 e. The minimum atomic E-state index is -0.207. The van der Waals surface area contributed by atoms with Gasteiger partial charge in [-0.2, -0.15) is 0 Å². The minimum absolute atomic E-state index is 0.152. The van der Waals surface area contributed by atoms with Crippen molar-refractivity contribution in [2.24, 2.45) is 11.8 Å². The van der Waals surface area contributed by atoms with Crippen LogP contribution in [0.15, 0.2) is 42.5 Å². The summed E-state index contributed by atoms with van der Waals surface area (Å²) in [6.07, 6.45) is 5.61. The Morgan fingerprint density at radius 3 is 2.63 bits per heavy atom. The molecule has 19 heavy (non-hydrogen) atoms.